The average molecular weight is 323 g/mol. The predicted molar refractivity (Wildman–Crippen MR) is 77.0 cm³/mol. The van der Waals surface area contributed by atoms with E-state index in [9.17, 15) is 9.90 Å². The number of benzene rings is 1. The van der Waals surface area contributed by atoms with Gasteiger partial charge in [0, 0.05) is 10.7 Å². The Balaban J connectivity index is 2.57. The van der Waals surface area contributed by atoms with Crippen LogP contribution >= 0.6 is 15.9 Å². The highest BCUT2D eigenvalue weighted by molar-refractivity contribution is 9.10. The number of carboxylic acid groups (broad SMARTS) is 1. The number of carbonyl (C=O) groups is 1. The van der Waals surface area contributed by atoms with Gasteiger partial charge in [-0.05, 0) is 36.6 Å². The third-order valence-corrected chi connectivity index (χ3v) is 3.42. The molecule has 0 bridgehead atoms. The zero-order chi connectivity index (χ0) is 14.2. The van der Waals surface area contributed by atoms with Crippen LogP contribution in [0.2, 0.25) is 0 Å². The molecule has 4 nitrogen and oxygen atoms in total. The van der Waals surface area contributed by atoms with Crippen LogP contribution < -0.4 is 0 Å². The molecule has 0 amide bonds. The maximum absolute atomic E-state index is 11.2. The first-order chi connectivity index (χ1) is 8.90. The molecular weight excluding hydrogens is 308 g/mol. The van der Waals surface area contributed by atoms with Crippen LogP contribution in [0.1, 0.15) is 41.4 Å². The summed E-state index contributed by atoms with van der Waals surface area (Å²) in [5.74, 6) is -0.868. The number of nitrogens with zero attached hydrogens (tertiary/aromatic N) is 2. The second-order valence-electron chi connectivity index (χ2n) is 4.76. The number of aromatic carboxylic acids is 1. The van der Waals surface area contributed by atoms with Crippen LogP contribution in [0.5, 0.6) is 0 Å². The summed E-state index contributed by atoms with van der Waals surface area (Å²) in [4.78, 5) is 11.2. The van der Waals surface area contributed by atoms with Crippen molar-refractivity contribution in [2.24, 2.45) is 0 Å². The molecule has 1 N–H and O–H groups in total. The summed E-state index contributed by atoms with van der Waals surface area (Å²) in [5, 5.41) is 13.6. The highest BCUT2D eigenvalue weighted by atomic mass is 79.9. The number of hydrogen-bond acceptors (Lipinski definition) is 2. The fraction of sp³-hybridized carbons (Fsp3) is 0.286. The molecular formula is C14H15BrN2O2. The zero-order valence-electron chi connectivity index (χ0n) is 11.0. The second kappa shape index (κ2) is 5.17. The van der Waals surface area contributed by atoms with Gasteiger partial charge in [0.2, 0.25) is 0 Å². The SMILES string of the molecule is Cc1cc(Br)ccc1-n1cc(C(=O)O)c(C(C)C)n1. The lowest BCUT2D eigenvalue weighted by Gasteiger charge is -2.06. The lowest BCUT2D eigenvalue weighted by atomic mass is 10.1. The van der Waals surface area contributed by atoms with E-state index in [0.717, 1.165) is 15.7 Å². The zero-order valence-corrected chi connectivity index (χ0v) is 12.6. The molecule has 0 fully saturated rings. The third-order valence-electron chi connectivity index (χ3n) is 2.93. The Morgan fingerprint density at radius 1 is 1.42 bits per heavy atom. The van der Waals surface area contributed by atoms with Crippen LogP contribution in [-0.4, -0.2) is 20.9 Å². The minimum absolute atomic E-state index is 0.0723. The maximum atomic E-state index is 11.2. The first-order valence-electron chi connectivity index (χ1n) is 5.99. The summed E-state index contributed by atoms with van der Waals surface area (Å²) < 4.78 is 2.63. The van der Waals surface area contributed by atoms with Crippen LogP contribution in [0.4, 0.5) is 0 Å². The number of halogens is 1. The molecule has 0 radical (unpaired) electrons. The monoisotopic (exact) mass is 322 g/mol. The first-order valence-corrected chi connectivity index (χ1v) is 6.79. The van der Waals surface area contributed by atoms with Gasteiger partial charge in [0.25, 0.3) is 0 Å². The van der Waals surface area contributed by atoms with Crippen LogP contribution in [0.15, 0.2) is 28.9 Å². The molecule has 0 aliphatic heterocycles. The fourth-order valence-electron chi connectivity index (χ4n) is 1.98. The van der Waals surface area contributed by atoms with Gasteiger partial charge >= 0.3 is 5.97 Å². The van der Waals surface area contributed by atoms with E-state index in [1.165, 1.54) is 0 Å². The molecule has 0 atom stereocenters. The van der Waals surface area contributed by atoms with E-state index in [1.54, 1.807) is 10.9 Å². The van der Waals surface area contributed by atoms with Gasteiger partial charge in [-0.1, -0.05) is 29.8 Å². The van der Waals surface area contributed by atoms with Crippen molar-refractivity contribution in [2.75, 3.05) is 0 Å². The Hall–Kier alpha value is -1.62. The highest BCUT2D eigenvalue weighted by Crippen LogP contribution is 2.23. The molecule has 0 aliphatic carbocycles. The highest BCUT2D eigenvalue weighted by Gasteiger charge is 2.19. The second-order valence-corrected chi connectivity index (χ2v) is 5.68. The van der Waals surface area contributed by atoms with Crippen molar-refractivity contribution in [1.29, 1.82) is 0 Å². The van der Waals surface area contributed by atoms with Crippen molar-refractivity contribution >= 4 is 21.9 Å². The first kappa shape index (κ1) is 13.8. The van der Waals surface area contributed by atoms with Crippen molar-refractivity contribution in [3.05, 3.63) is 45.7 Å². The van der Waals surface area contributed by atoms with Gasteiger partial charge in [-0.3, -0.25) is 0 Å². The van der Waals surface area contributed by atoms with Gasteiger partial charge < -0.3 is 5.11 Å². The van der Waals surface area contributed by atoms with E-state index < -0.39 is 5.97 Å². The van der Waals surface area contributed by atoms with Crippen LogP contribution in [0, 0.1) is 6.92 Å². The molecule has 0 saturated carbocycles. The summed E-state index contributed by atoms with van der Waals surface area (Å²) in [5.41, 5.74) is 2.79. The van der Waals surface area contributed by atoms with Gasteiger partial charge in [-0.15, -0.1) is 0 Å². The van der Waals surface area contributed by atoms with Gasteiger partial charge in [0.1, 0.15) is 5.56 Å². The Morgan fingerprint density at radius 3 is 2.58 bits per heavy atom. The Labute approximate surface area is 120 Å². The van der Waals surface area contributed by atoms with Crippen molar-refractivity contribution in [2.45, 2.75) is 26.7 Å². The average Bonchev–Trinajstić information content (AvgIpc) is 2.73. The minimum atomic E-state index is -0.940. The summed E-state index contributed by atoms with van der Waals surface area (Å²) in [6.07, 6.45) is 1.58. The number of rotatable bonds is 3. The number of aryl methyl sites for hydroxylation is 1. The minimum Gasteiger partial charge on any atom is -0.478 e. The quantitative estimate of drug-likeness (QED) is 0.935. The molecule has 100 valence electrons. The van der Waals surface area contributed by atoms with E-state index in [-0.39, 0.29) is 11.5 Å². The Kier molecular flexibility index (Phi) is 3.75. The Morgan fingerprint density at radius 2 is 2.11 bits per heavy atom. The van der Waals surface area contributed by atoms with Gasteiger partial charge in [0.15, 0.2) is 0 Å². The maximum Gasteiger partial charge on any atom is 0.339 e. The molecule has 1 aromatic carbocycles. The number of aromatic nitrogens is 2. The smallest absolute Gasteiger partial charge is 0.339 e. The molecule has 2 aromatic rings. The van der Waals surface area contributed by atoms with E-state index in [1.807, 2.05) is 39.0 Å². The van der Waals surface area contributed by atoms with Crippen molar-refractivity contribution in [1.82, 2.24) is 9.78 Å². The molecule has 0 saturated heterocycles. The predicted octanol–water partition coefficient (Wildman–Crippen LogP) is 3.76. The van der Waals surface area contributed by atoms with Gasteiger partial charge in [0.05, 0.1) is 11.4 Å². The van der Waals surface area contributed by atoms with Crippen molar-refractivity contribution in [3.63, 3.8) is 0 Å². The summed E-state index contributed by atoms with van der Waals surface area (Å²) in [7, 11) is 0. The van der Waals surface area contributed by atoms with Gasteiger partial charge in [-0.25, -0.2) is 9.48 Å². The summed E-state index contributed by atoms with van der Waals surface area (Å²) >= 11 is 3.41. The number of hydrogen-bond donors (Lipinski definition) is 1. The molecule has 5 heteroatoms. The van der Waals surface area contributed by atoms with Crippen molar-refractivity contribution in [3.8, 4) is 5.69 Å². The summed E-state index contributed by atoms with van der Waals surface area (Å²) in [6.45, 7) is 5.85. The molecule has 19 heavy (non-hydrogen) atoms. The van der Waals surface area contributed by atoms with Crippen LogP contribution in [-0.2, 0) is 0 Å². The van der Waals surface area contributed by atoms with E-state index in [2.05, 4.69) is 21.0 Å². The fourth-order valence-corrected chi connectivity index (χ4v) is 2.45. The number of carboxylic acids is 1. The normalized spacial score (nSPS) is 11.0. The molecule has 1 aromatic heterocycles. The third kappa shape index (κ3) is 2.71. The van der Waals surface area contributed by atoms with E-state index in [4.69, 9.17) is 0 Å². The topological polar surface area (TPSA) is 55.1 Å². The Bertz CT molecular complexity index is 632. The van der Waals surface area contributed by atoms with E-state index >= 15 is 0 Å². The lowest BCUT2D eigenvalue weighted by molar-refractivity contribution is 0.0695. The largest absolute Gasteiger partial charge is 0.478 e. The lowest BCUT2D eigenvalue weighted by Crippen LogP contribution is -2.01. The van der Waals surface area contributed by atoms with Crippen molar-refractivity contribution < 1.29 is 9.90 Å². The van der Waals surface area contributed by atoms with E-state index in [0.29, 0.717) is 5.69 Å². The summed E-state index contributed by atoms with van der Waals surface area (Å²) in [6, 6.07) is 5.81. The molecule has 0 aliphatic rings. The van der Waals surface area contributed by atoms with Gasteiger partial charge in [-0.2, -0.15) is 5.10 Å². The van der Waals surface area contributed by atoms with Crippen LogP contribution in [0.3, 0.4) is 0 Å². The molecule has 2 rings (SSSR count). The molecule has 0 unspecified atom stereocenters. The molecule has 0 spiro atoms. The van der Waals surface area contributed by atoms with Crippen LogP contribution in [0.25, 0.3) is 5.69 Å². The molecule has 1 heterocycles. The standard InChI is InChI=1S/C14H15BrN2O2/c1-8(2)13-11(14(18)19)7-17(16-13)12-5-4-10(15)6-9(12)3/h4-8H,1-3H3,(H,18,19).